The largest absolute Gasteiger partial charge is 0.324 e. The van der Waals surface area contributed by atoms with Gasteiger partial charge >= 0.3 is 0 Å². The van der Waals surface area contributed by atoms with Gasteiger partial charge in [0, 0.05) is 18.8 Å². The molecule has 1 saturated heterocycles. The number of amides is 1. The Morgan fingerprint density at radius 1 is 1.00 bits per heavy atom. The Balaban J connectivity index is 1.78. The molecule has 0 bridgehead atoms. The first-order valence-corrected chi connectivity index (χ1v) is 11.6. The number of nitrogens with one attached hydrogen (secondary N) is 1. The molecule has 0 aliphatic carbocycles. The number of hydrogen-bond donors (Lipinski definition) is 1. The zero-order valence-corrected chi connectivity index (χ0v) is 17.9. The molecule has 0 aromatic heterocycles. The van der Waals surface area contributed by atoms with E-state index in [-0.39, 0.29) is 16.8 Å². The molecule has 1 fully saturated rings. The molecule has 2 aromatic rings. The van der Waals surface area contributed by atoms with Crippen molar-refractivity contribution in [3.05, 3.63) is 60.2 Å². The maximum Gasteiger partial charge on any atom is 0.246 e. The van der Waals surface area contributed by atoms with Crippen molar-refractivity contribution < 1.29 is 13.2 Å². The van der Waals surface area contributed by atoms with Crippen LogP contribution in [0.1, 0.15) is 38.3 Å². The molecule has 1 aliphatic heterocycles. The first-order valence-electron chi connectivity index (χ1n) is 10.2. The van der Waals surface area contributed by atoms with Crippen molar-refractivity contribution in [2.75, 3.05) is 31.5 Å². The molecule has 0 spiro atoms. The number of likely N-dealkylation sites (tertiary alicyclic amines) is 1. The zero-order chi connectivity index (χ0) is 20.9. The molecule has 6 nitrogen and oxygen atoms in total. The van der Waals surface area contributed by atoms with Gasteiger partial charge in [0.05, 0.1) is 4.90 Å². The van der Waals surface area contributed by atoms with Crippen LogP contribution >= 0.6 is 0 Å². The van der Waals surface area contributed by atoms with E-state index < -0.39 is 10.0 Å². The molecule has 1 heterocycles. The molecule has 0 radical (unpaired) electrons. The lowest BCUT2D eigenvalue weighted by atomic mass is 10.0. The van der Waals surface area contributed by atoms with Gasteiger partial charge in [0.1, 0.15) is 6.04 Å². The van der Waals surface area contributed by atoms with E-state index in [0.717, 1.165) is 31.5 Å². The van der Waals surface area contributed by atoms with Crippen molar-refractivity contribution in [3.8, 4) is 0 Å². The van der Waals surface area contributed by atoms with Gasteiger partial charge in [-0.15, -0.1) is 0 Å². The normalized spacial score (nSPS) is 16.1. The minimum atomic E-state index is -3.51. The summed E-state index contributed by atoms with van der Waals surface area (Å²) in [5, 5.41) is 2.96. The highest BCUT2D eigenvalue weighted by Gasteiger charge is 2.29. The lowest BCUT2D eigenvalue weighted by molar-refractivity contribution is -0.121. The summed E-state index contributed by atoms with van der Waals surface area (Å²) in [4.78, 5) is 15.5. The fourth-order valence-electron chi connectivity index (χ4n) is 3.80. The second-order valence-electron chi connectivity index (χ2n) is 7.16. The number of carbonyl (C=O) groups excluding carboxylic acids is 1. The van der Waals surface area contributed by atoms with Crippen molar-refractivity contribution in [2.24, 2.45) is 0 Å². The van der Waals surface area contributed by atoms with E-state index in [4.69, 9.17) is 0 Å². The standard InChI is InChI=1S/C22H29N3O3S/c1-3-25(4-2)29(27,28)20-14-12-19(13-15-20)23-22(26)21(24-16-8-9-17-24)18-10-6-5-7-11-18/h5-7,10-15,21H,3-4,8-9,16-17H2,1-2H3,(H,23,26). The third-order valence-electron chi connectivity index (χ3n) is 5.33. The number of rotatable bonds is 8. The second-order valence-corrected chi connectivity index (χ2v) is 9.10. The highest BCUT2D eigenvalue weighted by Crippen LogP contribution is 2.27. The van der Waals surface area contributed by atoms with Crippen LogP contribution in [0.3, 0.4) is 0 Å². The Bertz CT molecular complexity index is 904. The van der Waals surface area contributed by atoms with Crippen molar-refractivity contribution in [2.45, 2.75) is 37.6 Å². The van der Waals surface area contributed by atoms with Gasteiger partial charge in [-0.2, -0.15) is 4.31 Å². The molecule has 3 rings (SSSR count). The molecule has 156 valence electrons. The van der Waals surface area contributed by atoms with Gasteiger partial charge in [-0.3, -0.25) is 9.69 Å². The minimum Gasteiger partial charge on any atom is -0.324 e. The van der Waals surface area contributed by atoms with Crippen LogP contribution in [0, 0.1) is 0 Å². The van der Waals surface area contributed by atoms with E-state index in [1.807, 2.05) is 44.2 Å². The van der Waals surface area contributed by atoms with E-state index in [2.05, 4.69) is 10.2 Å². The van der Waals surface area contributed by atoms with Crippen molar-refractivity contribution in [3.63, 3.8) is 0 Å². The highest BCUT2D eigenvalue weighted by molar-refractivity contribution is 7.89. The highest BCUT2D eigenvalue weighted by atomic mass is 32.2. The van der Waals surface area contributed by atoms with E-state index >= 15 is 0 Å². The van der Waals surface area contributed by atoms with Gasteiger partial charge in [0.15, 0.2) is 0 Å². The molecular formula is C22H29N3O3S. The lowest BCUT2D eigenvalue weighted by Crippen LogP contribution is -2.35. The molecule has 1 unspecified atom stereocenters. The number of hydrogen-bond acceptors (Lipinski definition) is 4. The Labute approximate surface area is 173 Å². The van der Waals surface area contributed by atoms with Crippen LogP contribution in [0.4, 0.5) is 5.69 Å². The monoisotopic (exact) mass is 415 g/mol. The summed E-state index contributed by atoms with van der Waals surface area (Å²) in [5.74, 6) is -0.0996. The zero-order valence-electron chi connectivity index (χ0n) is 17.0. The van der Waals surface area contributed by atoms with E-state index in [9.17, 15) is 13.2 Å². The van der Waals surface area contributed by atoms with Crippen LogP contribution in [-0.4, -0.2) is 49.7 Å². The molecule has 2 aromatic carbocycles. The predicted octanol–water partition coefficient (Wildman–Crippen LogP) is 3.49. The van der Waals surface area contributed by atoms with Crippen LogP contribution in [0.25, 0.3) is 0 Å². The summed E-state index contributed by atoms with van der Waals surface area (Å²) in [6, 6.07) is 15.8. The second kappa shape index (κ2) is 9.52. The maximum absolute atomic E-state index is 13.1. The first kappa shape index (κ1) is 21.5. The number of carbonyl (C=O) groups is 1. The van der Waals surface area contributed by atoms with Crippen molar-refractivity contribution >= 4 is 21.6 Å². The molecule has 1 aliphatic rings. The van der Waals surface area contributed by atoms with Gasteiger partial charge in [-0.1, -0.05) is 44.2 Å². The molecule has 1 atom stereocenters. The molecule has 1 N–H and O–H groups in total. The Kier molecular flexibility index (Phi) is 7.05. The van der Waals surface area contributed by atoms with Gasteiger partial charge in [-0.05, 0) is 55.8 Å². The Morgan fingerprint density at radius 2 is 1.59 bits per heavy atom. The third kappa shape index (κ3) is 4.86. The van der Waals surface area contributed by atoms with Gasteiger partial charge in [0.25, 0.3) is 0 Å². The number of anilines is 1. The van der Waals surface area contributed by atoms with Crippen LogP contribution in [0.5, 0.6) is 0 Å². The first-order chi connectivity index (χ1) is 14.0. The van der Waals surface area contributed by atoms with Crippen LogP contribution < -0.4 is 5.32 Å². The van der Waals surface area contributed by atoms with Crippen LogP contribution in [0.15, 0.2) is 59.5 Å². The fraction of sp³-hybridized carbons (Fsp3) is 0.409. The summed E-state index contributed by atoms with van der Waals surface area (Å²) in [7, 11) is -3.51. The molecule has 7 heteroatoms. The van der Waals surface area contributed by atoms with Crippen LogP contribution in [-0.2, 0) is 14.8 Å². The van der Waals surface area contributed by atoms with Crippen LogP contribution in [0.2, 0.25) is 0 Å². The summed E-state index contributed by atoms with van der Waals surface area (Å²) in [6.07, 6.45) is 2.18. The van der Waals surface area contributed by atoms with Gasteiger partial charge in [0.2, 0.25) is 15.9 Å². The minimum absolute atomic E-state index is 0.0996. The smallest absolute Gasteiger partial charge is 0.246 e. The Morgan fingerprint density at radius 3 is 2.14 bits per heavy atom. The SMILES string of the molecule is CCN(CC)S(=O)(=O)c1ccc(NC(=O)C(c2ccccc2)N2CCCC2)cc1. The number of benzene rings is 2. The summed E-state index contributed by atoms with van der Waals surface area (Å²) in [5.41, 5.74) is 1.56. The fourth-order valence-corrected chi connectivity index (χ4v) is 5.25. The third-order valence-corrected chi connectivity index (χ3v) is 7.40. The summed E-state index contributed by atoms with van der Waals surface area (Å²) >= 11 is 0. The molecule has 29 heavy (non-hydrogen) atoms. The van der Waals surface area contributed by atoms with E-state index in [1.54, 1.807) is 24.3 Å². The Hall–Kier alpha value is -2.22. The average Bonchev–Trinajstić information content (AvgIpc) is 3.24. The van der Waals surface area contributed by atoms with E-state index in [1.165, 1.54) is 4.31 Å². The van der Waals surface area contributed by atoms with Gasteiger partial charge in [-0.25, -0.2) is 8.42 Å². The van der Waals surface area contributed by atoms with E-state index in [0.29, 0.717) is 18.8 Å². The topological polar surface area (TPSA) is 69.7 Å². The van der Waals surface area contributed by atoms with Gasteiger partial charge < -0.3 is 5.32 Å². The molecular weight excluding hydrogens is 386 g/mol. The van der Waals surface area contributed by atoms with Crippen molar-refractivity contribution in [1.82, 2.24) is 9.21 Å². The molecule has 1 amide bonds. The number of sulfonamides is 1. The quantitative estimate of drug-likeness (QED) is 0.717. The number of nitrogens with zero attached hydrogens (tertiary/aromatic N) is 2. The average molecular weight is 416 g/mol. The summed E-state index contributed by atoms with van der Waals surface area (Å²) < 4.78 is 26.7. The lowest BCUT2D eigenvalue weighted by Gasteiger charge is -2.27. The molecule has 0 saturated carbocycles. The summed E-state index contributed by atoms with van der Waals surface area (Å²) in [6.45, 7) is 6.27. The predicted molar refractivity (Wildman–Crippen MR) is 115 cm³/mol. The maximum atomic E-state index is 13.1. The van der Waals surface area contributed by atoms with Crippen molar-refractivity contribution in [1.29, 1.82) is 0 Å².